The molecule has 4 heteroatoms. The molecule has 0 saturated carbocycles. The summed E-state index contributed by atoms with van der Waals surface area (Å²) in [6, 6.07) is 17.9. The molecule has 2 rings (SSSR count). The van der Waals surface area contributed by atoms with Gasteiger partial charge < -0.3 is 0 Å². The van der Waals surface area contributed by atoms with Gasteiger partial charge in [0.1, 0.15) is 0 Å². The Balaban J connectivity index is 1.78. The first-order chi connectivity index (χ1) is 12.5. The first-order valence-corrected chi connectivity index (χ1v) is 9.17. The topological polar surface area (TPSA) is 58.2 Å². The molecule has 4 nitrogen and oxygen atoms in total. The van der Waals surface area contributed by atoms with E-state index in [-0.39, 0.29) is 17.7 Å². The van der Waals surface area contributed by atoms with Gasteiger partial charge in [-0.25, -0.2) is 0 Å². The largest absolute Gasteiger partial charge is 0.273 e. The Morgan fingerprint density at radius 1 is 0.846 bits per heavy atom. The van der Waals surface area contributed by atoms with Crippen molar-refractivity contribution < 1.29 is 9.59 Å². The van der Waals surface area contributed by atoms with Crippen molar-refractivity contribution in [2.75, 3.05) is 0 Å². The molecule has 0 spiro atoms. The quantitative estimate of drug-likeness (QED) is 0.745. The third kappa shape index (κ3) is 6.36. The van der Waals surface area contributed by atoms with E-state index in [4.69, 9.17) is 0 Å². The van der Waals surface area contributed by atoms with E-state index in [2.05, 4.69) is 36.8 Å². The smallest absolute Gasteiger partial charge is 0.245 e. The van der Waals surface area contributed by atoms with Gasteiger partial charge in [-0.3, -0.25) is 20.4 Å². The second-order valence-corrected chi connectivity index (χ2v) is 7.08. The van der Waals surface area contributed by atoms with Gasteiger partial charge in [0.15, 0.2) is 0 Å². The summed E-state index contributed by atoms with van der Waals surface area (Å²) in [5.74, 6) is -0.124. The summed E-state index contributed by atoms with van der Waals surface area (Å²) in [6.45, 7) is 6.21. The van der Waals surface area contributed by atoms with E-state index < -0.39 is 0 Å². The van der Waals surface area contributed by atoms with Crippen LogP contribution in [0.25, 0.3) is 0 Å². The Morgan fingerprint density at radius 2 is 1.50 bits per heavy atom. The van der Waals surface area contributed by atoms with Crippen LogP contribution in [-0.4, -0.2) is 11.8 Å². The molecule has 0 aliphatic rings. The molecule has 2 N–H and O–H groups in total. The number of nitrogens with one attached hydrogen (secondary N) is 2. The van der Waals surface area contributed by atoms with Crippen molar-refractivity contribution in [3.8, 4) is 0 Å². The summed E-state index contributed by atoms with van der Waals surface area (Å²) in [7, 11) is 0. The SMILES string of the molecule is CC(C)Cc1ccc(C(C)C(=O)NNC(=O)CCc2ccccc2)cc1. The molecule has 0 bridgehead atoms. The average molecular weight is 352 g/mol. The maximum Gasteiger partial charge on any atom is 0.245 e. The van der Waals surface area contributed by atoms with E-state index in [0.717, 1.165) is 17.5 Å². The number of hydrazine groups is 1. The highest BCUT2D eigenvalue weighted by molar-refractivity contribution is 5.86. The van der Waals surface area contributed by atoms with Crippen LogP contribution in [0.5, 0.6) is 0 Å². The van der Waals surface area contributed by atoms with Crippen LogP contribution in [0.4, 0.5) is 0 Å². The molecular formula is C22H28N2O2. The van der Waals surface area contributed by atoms with Gasteiger partial charge in [0.2, 0.25) is 11.8 Å². The third-order valence-electron chi connectivity index (χ3n) is 4.33. The van der Waals surface area contributed by atoms with Gasteiger partial charge in [0.25, 0.3) is 0 Å². The number of carbonyl (C=O) groups excluding carboxylic acids is 2. The van der Waals surface area contributed by atoms with Gasteiger partial charge in [-0.15, -0.1) is 0 Å². The molecule has 2 aromatic rings. The van der Waals surface area contributed by atoms with Gasteiger partial charge in [-0.2, -0.15) is 0 Å². The number of amides is 2. The Hall–Kier alpha value is -2.62. The molecule has 1 unspecified atom stereocenters. The number of hydrogen-bond donors (Lipinski definition) is 2. The molecule has 1 atom stereocenters. The van der Waals surface area contributed by atoms with Gasteiger partial charge >= 0.3 is 0 Å². The summed E-state index contributed by atoms with van der Waals surface area (Å²) in [6.07, 6.45) is 2.01. The molecule has 138 valence electrons. The number of rotatable bonds is 7. The standard InChI is InChI=1S/C22H28N2O2/c1-16(2)15-19-9-12-20(13-10-19)17(3)22(26)24-23-21(25)14-11-18-7-5-4-6-8-18/h4-10,12-13,16-17H,11,14-15H2,1-3H3,(H,23,25)(H,24,26). The van der Waals surface area contributed by atoms with E-state index in [1.54, 1.807) is 0 Å². The molecule has 0 aliphatic carbocycles. The van der Waals surface area contributed by atoms with Crippen molar-refractivity contribution in [1.29, 1.82) is 0 Å². The van der Waals surface area contributed by atoms with Crippen molar-refractivity contribution in [3.05, 3.63) is 71.3 Å². The Kier molecular flexibility index (Phi) is 7.39. The number of hydrogen-bond acceptors (Lipinski definition) is 2. The van der Waals surface area contributed by atoms with Crippen molar-refractivity contribution in [3.63, 3.8) is 0 Å². The maximum atomic E-state index is 12.3. The van der Waals surface area contributed by atoms with E-state index >= 15 is 0 Å². The molecular weight excluding hydrogens is 324 g/mol. The zero-order valence-electron chi connectivity index (χ0n) is 15.8. The van der Waals surface area contributed by atoms with Crippen molar-refractivity contribution in [2.24, 2.45) is 5.92 Å². The zero-order valence-corrected chi connectivity index (χ0v) is 15.8. The predicted molar refractivity (Wildman–Crippen MR) is 104 cm³/mol. The van der Waals surface area contributed by atoms with Gasteiger partial charge in [0.05, 0.1) is 5.92 Å². The monoisotopic (exact) mass is 352 g/mol. The van der Waals surface area contributed by atoms with Crippen LogP contribution in [0.1, 0.15) is 49.8 Å². The summed E-state index contributed by atoms with van der Waals surface area (Å²) in [5.41, 5.74) is 8.34. The van der Waals surface area contributed by atoms with Crippen LogP contribution in [0.3, 0.4) is 0 Å². The fraction of sp³-hybridized carbons (Fsp3) is 0.364. The zero-order chi connectivity index (χ0) is 18.9. The predicted octanol–water partition coefficient (Wildman–Crippen LogP) is 3.77. The van der Waals surface area contributed by atoms with Crippen LogP contribution >= 0.6 is 0 Å². The Morgan fingerprint density at radius 3 is 2.12 bits per heavy atom. The van der Waals surface area contributed by atoms with E-state index in [9.17, 15) is 9.59 Å². The highest BCUT2D eigenvalue weighted by Crippen LogP contribution is 2.17. The second kappa shape index (κ2) is 9.76. The van der Waals surface area contributed by atoms with E-state index in [1.807, 2.05) is 49.4 Å². The molecule has 26 heavy (non-hydrogen) atoms. The molecule has 0 heterocycles. The fourth-order valence-electron chi connectivity index (χ4n) is 2.77. The van der Waals surface area contributed by atoms with Crippen molar-refractivity contribution >= 4 is 11.8 Å². The lowest BCUT2D eigenvalue weighted by Gasteiger charge is -2.14. The second-order valence-electron chi connectivity index (χ2n) is 7.08. The fourth-order valence-corrected chi connectivity index (χ4v) is 2.77. The average Bonchev–Trinajstić information content (AvgIpc) is 2.65. The normalized spacial score (nSPS) is 11.8. The van der Waals surface area contributed by atoms with E-state index in [1.165, 1.54) is 5.56 Å². The van der Waals surface area contributed by atoms with Crippen LogP contribution in [0, 0.1) is 5.92 Å². The summed E-state index contributed by atoms with van der Waals surface area (Å²) in [4.78, 5) is 24.2. The van der Waals surface area contributed by atoms with Crippen LogP contribution in [-0.2, 0) is 22.4 Å². The summed E-state index contributed by atoms with van der Waals surface area (Å²) in [5, 5.41) is 0. The van der Waals surface area contributed by atoms with Crippen LogP contribution in [0.2, 0.25) is 0 Å². The minimum atomic E-state index is -0.322. The maximum absolute atomic E-state index is 12.3. The molecule has 0 fully saturated rings. The first kappa shape index (κ1) is 19.7. The van der Waals surface area contributed by atoms with Crippen molar-refractivity contribution in [2.45, 2.75) is 46.0 Å². The molecule has 0 saturated heterocycles. The van der Waals surface area contributed by atoms with Gasteiger partial charge in [-0.1, -0.05) is 68.4 Å². The van der Waals surface area contributed by atoms with Crippen LogP contribution < -0.4 is 10.9 Å². The molecule has 2 amide bonds. The lowest BCUT2D eigenvalue weighted by Crippen LogP contribution is -2.43. The Bertz CT molecular complexity index is 709. The minimum Gasteiger partial charge on any atom is -0.273 e. The number of benzene rings is 2. The molecule has 2 aromatic carbocycles. The summed E-state index contributed by atoms with van der Waals surface area (Å²) < 4.78 is 0. The number of aryl methyl sites for hydroxylation is 1. The molecule has 0 aromatic heterocycles. The first-order valence-electron chi connectivity index (χ1n) is 9.17. The van der Waals surface area contributed by atoms with Crippen molar-refractivity contribution in [1.82, 2.24) is 10.9 Å². The van der Waals surface area contributed by atoms with E-state index in [0.29, 0.717) is 18.8 Å². The molecule has 0 radical (unpaired) electrons. The molecule has 0 aliphatic heterocycles. The lowest BCUT2D eigenvalue weighted by molar-refractivity contribution is -0.129. The third-order valence-corrected chi connectivity index (χ3v) is 4.33. The summed E-state index contributed by atoms with van der Waals surface area (Å²) >= 11 is 0. The highest BCUT2D eigenvalue weighted by Gasteiger charge is 2.16. The lowest BCUT2D eigenvalue weighted by atomic mass is 9.96. The minimum absolute atomic E-state index is 0.193. The van der Waals surface area contributed by atoms with Gasteiger partial charge in [0, 0.05) is 6.42 Å². The highest BCUT2D eigenvalue weighted by atomic mass is 16.2. The van der Waals surface area contributed by atoms with Crippen LogP contribution in [0.15, 0.2) is 54.6 Å². The number of carbonyl (C=O) groups is 2. The Labute approximate surface area is 156 Å². The van der Waals surface area contributed by atoms with Gasteiger partial charge in [-0.05, 0) is 42.4 Å².